The van der Waals surface area contributed by atoms with Crippen LogP contribution in [0.4, 0.5) is 0 Å². The molecule has 0 radical (unpaired) electrons. The number of methoxy groups -OCH3 is 1. The summed E-state index contributed by atoms with van der Waals surface area (Å²) in [6.07, 6.45) is 1.31. The maximum absolute atomic E-state index is 12.3. The molecule has 0 atom stereocenters. The van der Waals surface area contributed by atoms with E-state index in [-0.39, 0.29) is 24.5 Å². The summed E-state index contributed by atoms with van der Waals surface area (Å²) < 4.78 is 30.7. The topological polar surface area (TPSA) is 101 Å². The number of ether oxygens (including phenoxy) is 1. The number of hydrogen-bond donors (Lipinski definition) is 2. The van der Waals surface area contributed by atoms with Crippen LogP contribution >= 0.6 is 0 Å². The van der Waals surface area contributed by atoms with Crippen molar-refractivity contribution in [3.8, 4) is 0 Å². The highest BCUT2D eigenvalue weighted by atomic mass is 32.2. The minimum absolute atomic E-state index is 0.182. The van der Waals surface area contributed by atoms with Crippen LogP contribution in [-0.2, 0) is 14.8 Å². The molecule has 0 saturated heterocycles. The summed E-state index contributed by atoms with van der Waals surface area (Å²) in [5.74, 6) is 0. The molecule has 98 valence electrons. The first kappa shape index (κ1) is 14.1. The summed E-state index contributed by atoms with van der Waals surface area (Å²) in [6, 6.07) is 0. The Labute approximate surface area is 101 Å². The number of aryl methyl sites for hydroxylation is 1. The van der Waals surface area contributed by atoms with E-state index in [4.69, 9.17) is 10.5 Å². The molecule has 3 N–H and O–H groups in total. The van der Waals surface area contributed by atoms with E-state index >= 15 is 0 Å². The first-order valence-corrected chi connectivity index (χ1v) is 6.67. The molecule has 1 rings (SSSR count). The van der Waals surface area contributed by atoms with Crippen molar-refractivity contribution in [2.45, 2.75) is 11.8 Å². The number of nitrogens with two attached hydrogens (primary N) is 1. The Bertz CT molecular complexity index is 443. The lowest BCUT2D eigenvalue weighted by Crippen LogP contribution is -2.37. The van der Waals surface area contributed by atoms with E-state index in [9.17, 15) is 8.42 Å². The molecule has 0 amide bonds. The Morgan fingerprint density at radius 2 is 2.24 bits per heavy atom. The molecule has 0 unspecified atom stereocenters. The molecule has 1 aromatic rings. The van der Waals surface area contributed by atoms with Gasteiger partial charge in [0.05, 0.1) is 18.5 Å². The lowest BCUT2D eigenvalue weighted by Gasteiger charge is -2.20. The van der Waals surface area contributed by atoms with Crippen molar-refractivity contribution in [1.29, 1.82) is 0 Å². The van der Waals surface area contributed by atoms with E-state index in [1.54, 1.807) is 6.92 Å². The predicted molar refractivity (Wildman–Crippen MR) is 63.0 cm³/mol. The zero-order valence-corrected chi connectivity index (χ0v) is 10.8. The average molecular weight is 262 g/mol. The molecule has 0 aromatic carbocycles. The lowest BCUT2D eigenvalue weighted by atomic mass is 10.5. The molecule has 0 aliphatic rings. The summed E-state index contributed by atoms with van der Waals surface area (Å²) in [7, 11) is -2.02. The van der Waals surface area contributed by atoms with Crippen LogP contribution in [0.2, 0.25) is 0 Å². The Hall–Kier alpha value is -0.960. The van der Waals surface area contributed by atoms with Gasteiger partial charge in [-0.2, -0.15) is 9.40 Å². The van der Waals surface area contributed by atoms with Crippen LogP contribution in [0.1, 0.15) is 5.69 Å². The molecule has 1 aromatic heterocycles. The highest BCUT2D eigenvalue weighted by molar-refractivity contribution is 7.89. The van der Waals surface area contributed by atoms with Gasteiger partial charge in [0.1, 0.15) is 4.90 Å². The Kier molecular flexibility index (Phi) is 5.06. The molecule has 17 heavy (non-hydrogen) atoms. The zero-order valence-electron chi connectivity index (χ0n) is 10.0. The summed E-state index contributed by atoms with van der Waals surface area (Å²) in [5, 5.41) is 6.33. The number of aromatic amines is 1. The first-order valence-electron chi connectivity index (χ1n) is 5.23. The highest BCUT2D eigenvalue weighted by Gasteiger charge is 2.26. The number of sulfonamides is 1. The van der Waals surface area contributed by atoms with E-state index in [2.05, 4.69) is 10.2 Å². The SMILES string of the molecule is COCCN(CCN)S(=O)(=O)c1cn[nH]c1C. The van der Waals surface area contributed by atoms with Gasteiger partial charge in [-0.25, -0.2) is 8.42 Å². The van der Waals surface area contributed by atoms with Crippen LogP contribution in [0.5, 0.6) is 0 Å². The van der Waals surface area contributed by atoms with Crippen LogP contribution in [0.15, 0.2) is 11.1 Å². The van der Waals surface area contributed by atoms with Gasteiger partial charge in [-0.15, -0.1) is 0 Å². The molecular weight excluding hydrogens is 244 g/mol. The Balaban J connectivity index is 2.96. The van der Waals surface area contributed by atoms with Crippen molar-refractivity contribution in [2.75, 3.05) is 33.4 Å². The van der Waals surface area contributed by atoms with Crippen LogP contribution in [0.25, 0.3) is 0 Å². The molecule has 0 fully saturated rings. The quantitative estimate of drug-likeness (QED) is 0.677. The van der Waals surface area contributed by atoms with Gasteiger partial charge in [0.2, 0.25) is 10.0 Å². The number of nitrogens with zero attached hydrogens (tertiary/aromatic N) is 2. The summed E-state index contributed by atoms with van der Waals surface area (Å²) >= 11 is 0. The average Bonchev–Trinajstić information content (AvgIpc) is 2.71. The van der Waals surface area contributed by atoms with Gasteiger partial charge in [0.25, 0.3) is 0 Å². The fourth-order valence-corrected chi connectivity index (χ4v) is 2.99. The highest BCUT2D eigenvalue weighted by Crippen LogP contribution is 2.16. The third-order valence-corrected chi connectivity index (χ3v) is 4.34. The van der Waals surface area contributed by atoms with Gasteiger partial charge in [-0.3, -0.25) is 5.10 Å². The normalized spacial score (nSPS) is 12.2. The second-order valence-corrected chi connectivity index (χ2v) is 5.45. The number of aromatic nitrogens is 2. The van der Waals surface area contributed by atoms with Gasteiger partial charge in [0.15, 0.2) is 0 Å². The fourth-order valence-electron chi connectivity index (χ4n) is 1.43. The van der Waals surface area contributed by atoms with Gasteiger partial charge in [0, 0.05) is 26.7 Å². The van der Waals surface area contributed by atoms with Crippen molar-refractivity contribution in [3.05, 3.63) is 11.9 Å². The maximum Gasteiger partial charge on any atom is 0.246 e. The van der Waals surface area contributed by atoms with Crippen molar-refractivity contribution in [3.63, 3.8) is 0 Å². The number of hydrogen-bond acceptors (Lipinski definition) is 5. The second-order valence-electron chi connectivity index (χ2n) is 3.54. The third-order valence-electron chi connectivity index (χ3n) is 2.32. The Morgan fingerprint density at radius 3 is 2.71 bits per heavy atom. The third kappa shape index (κ3) is 3.25. The van der Waals surface area contributed by atoms with Gasteiger partial charge in [-0.05, 0) is 6.92 Å². The molecule has 8 heteroatoms. The smallest absolute Gasteiger partial charge is 0.246 e. The molecule has 7 nitrogen and oxygen atoms in total. The first-order chi connectivity index (χ1) is 8.04. The molecular formula is C9H18N4O3S. The molecule has 0 aliphatic carbocycles. The second kappa shape index (κ2) is 6.10. The maximum atomic E-state index is 12.3. The van der Waals surface area contributed by atoms with Crippen LogP contribution in [0, 0.1) is 6.92 Å². The molecule has 1 heterocycles. The van der Waals surface area contributed by atoms with E-state index in [0.29, 0.717) is 12.3 Å². The zero-order chi connectivity index (χ0) is 12.9. The minimum atomic E-state index is -3.54. The number of H-pyrrole nitrogens is 1. The van der Waals surface area contributed by atoms with E-state index in [1.807, 2.05) is 0 Å². The monoisotopic (exact) mass is 262 g/mol. The lowest BCUT2D eigenvalue weighted by molar-refractivity contribution is 0.179. The number of nitrogens with one attached hydrogen (secondary N) is 1. The van der Waals surface area contributed by atoms with E-state index in [0.717, 1.165) is 0 Å². The molecule has 0 aliphatic heterocycles. The fraction of sp³-hybridized carbons (Fsp3) is 0.667. The molecule has 0 spiro atoms. The summed E-state index contributed by atoms with van der Waals surface area (Å²) in [4.78, 5) is 0.182. The van der Waals surface area contributed by atoms with Crippen molar-refractivity contribution in [1.82, 2.24) is 14.5 Å². The van der Waals surface area contributed by atoms with Crippen LogP contribution in [0.3, 0.4) is 0 Å². The Morgan fingerprint density at radius 1 is 1.53 bits per heavy atom. The summed E-state index contributed by atoms with van der Waals surface area (Å²) in [5.41, 5.74) is 5.94. The standard InChI is InChI=1S/C9H18N4O3S/c1-8-9(7-11-12-8)17(14,15)13(4-3-10)5-6-16-2/h7H,3-6,10H2,1-2H3,(H,11,12). The van der Waals surface area contributed by atoms with E-state index < -0.39 is 10.0 Å². The number of rotatable bonds is 7. The largest absolute Gasteiger partial charge is 0.383 e. The van der Waals surface area contributed by atoms with E-state index in [1.165, 1.54) is 17.6 Å². The predicted octanol–water partition coefficient (Wildman–Crippen LogP) is -0.686. The van der Waals surface area contributed by atoms with Crippen molar-refractivity contribution >= 4 is 10.0 Å². The van der Waals surface area contributed by atoms with Crippen molar-refractivity contribution in [2.24, 2.45) is 5.73 Å². The van der Waals surface area contributed by atoms with Crippen molar-refractivity contribution < 1.29 is 13.2 Å². The molecule has 0 saturated carbocycles. The van der Waals surface area contributed by atoms with Gasteiger partial charge in [-0.1, -0.05) is 0 Å². The molecule has 0 bridgehead atoms. The summed E-state index contributed by atoms with van der Waals surface area (Å²) in [6.45, 7) is 2.80. The van der Waals surface area contributed by atoms with Crippen LogP contribution < -0.4 is 5.73 Å². The minimum Gasteiger partial charge on any atom is -0.383 e. The van der Waals surface area contributed by atoms with Crippen LogP contribution in [-0.4, -0.2) is 56.3 Å². The van der Waals surface area contributed by atoms with Gasteiger partial charge < -0.3 is 10.5 Å². The van der Waals surface area contributed by atoms with Gasteiger partial charge >= 0.3 is 0 Å².